The highest BCUT2D eigenvalue weighted by Crippen LogP contribution is 2.10. The van der Waals surface area contributed by atoms with E-state index in [0.717, 1.165) is 18.5 Å². The Labute approximate surface area is 97.0 Å². The minimum absolute atomic E-state index is 0.167. The first kappa shape index (κ1) is 12.6. The molecule has 0 atom stereocenters. The molecule has 0 aliphatic carbocycles. The zero-order valence-electron chi connectivity index (χ0n) is 9.98. The fraction of sp³-hybridized carbons (Fsp3) is 0.462. The fourth-order valence-corrected chi connectivity index (χ4v) is 1.34. The van der Waals surface area contributed by atoms with Crippen LogP contribution in [0.1, 0.15) is 19.8 Å². The van der Waals surface area contributed by atoms with Crippen molar-refractivity contribution < 1.29 is 9.53 Å². The molecular weight excluding hydrogens is 202 g/mol. The Morgan fingerprint density at radius 1 is 1.31 bits per heavy atom. The van der Waals surface area contributed by atoms with Gasteiger partial charge in [0.05, 0.1) is 6.61 Å². The Morgan fingerprint density at radius 3 is 2.62 bits per heavy atom. The lowest BCUT2D eigenvalue weighted by molar-refractivity contribution is -0.142. The molecule has 1 aromatic carbocycles. The van der Waals surface area contributed by atoms with Crippen LogP contribution in [0, 0.1) is 0 Å². The van der Waals surface area contributed by atoms with Gasteiger partial charge in [-0.3, -0.25) is 4.79 Å². The van der Waals surface area contributed by atoms with Crippen LogP contribution in [-0.4, -0.2) is 26.2 Å². The lowest BCUT2D eigenvalue weighted by Gasteiger charge is -2.17. The van der Waals surface area contributed by atoms with E-state index in [0.29, 0.717) is 13.2 Å². The first-order chi connectivity index (χ1) is 7.74. The van der Waals surface area contributed by atoms with E-state index >= 15 is 0 Å². The summed E-state index contributed by atoms with van der Waals surface area (Å²) in [5, 5.41) is 0. The van der Waals surface area contributed by atoms with E-state index in [1.54, 1.807) is 0 Å². The molecule has 0 fully saturated rings. The maximum atomic E-state index is 11.4. The van der Waals surface area contributed by atoms with E-state index < -0.39 is 0 Å². The van der Waals surface area contributed by atoms with Gasteiger partial charge in [0, 0.05) is 12.7 Å². The van der Waals surface area contributed by atoms with E-state index in [1.807, 2.05) is 42.3 Å². The number of benzene rings is 1. The topological polar surface area (TPSA) is 29.5 Å². The molecule has 0 N–H and O–H groups in total. The molecule has 0 bridgehead atoms. The van der Waals surface area contributed by atoms with Crippen molar-refractivity contribution in [2.75, 3.05) is 25.1 Å². The molecule has 0 saturated carbocycles. The molecule has 3 nitrogen and oxygen atoms in total. The molecule has 0 spiro atoms. The van der Waals surface area contributed by atoms with Crippen molar-refractivity contribution in [3.8, 4) is 0 Å². The van der Waals surface area contributed by atoms with Crippen LogP contribution >= 0.6 is 0 Å². The van der Waals surface area contributed by atoms with Crippen molar-refractivity contribution in [2.24, 2.45) is 0 Å². The number of para-hydroxylation sites is 1. The highest BCUT2D eigenvalue weighted by atomic mass is 16.5. The third-order valence-corrected chi connectivity index (χ3v) is 2.32. The van der Waals surface area contributed by atoms with Gasteiger partial charge in [-0.2, -0.15) is 0 Å². The van der Waals surface area contributed by atoms with Crippen molar-refractivity contribution in [1.29, 1.82) is 0 Å². The lowest BCUT2D eigenvalue weighted by atomic mass is 10.3. The summed E-state index contributed by atoms with van der Waals surface area (Å²) in [6.45, 7) is 2.90. The second-order valence-electron chi connectivity index (χ2n) is 3.77. The zero-order valence-corrected chi connectivity index (χ0v) is 9.98. The van der Waals surface area contributed by atoms with E-state index in [2.05, 4.69) is 6.92 Å². The molecule has 0 radical (unpaired) electrons. The largest absolute Gasteiger partial charge is 0.464 e. The summed E-state index contributed by atoms with van der Waals surface area (Å²) in [5.74, 6) is -0.167. The van der Waals surface area contributed by atoms with Gasteiger partial charge < -0.3 is 9.64 Å². The van der Waals surface area contributed by atoms with Crippen LogP contribution in [0.3, 0.4) is 0 Å². The maximum absolute atomic E-state index is 11.4. The van der Waals surface area contributed by atoms with Crippen LogP contribution in [0.4, 0.5) is 5.69 Å². The van der Waals surface area contributed by atoms with Crippen molar-refractivity contribution >= 4 is 11.7 Å². The summed E-state index contributed by atoms with van der Waals surface area (Å²) >= 11 is 0. The quantitative estimate of drug-likeness (QED) is 0.546. The summed E-state index contributed by atoms with van der Waals surface area (Å²) in [4.78, 5) is 13.3. The van der Waals surface area contributed by atoms with Crippen molar-refractivity contribution in [3.63, 3.8) is 0 Å². The van der Waals surface area contributed by atoms with Gasteiger partial charge in [0.25, 0.3) is 0 Å². The number of hydrogen-bond donors (Lipinski definition) is 0. The first-order valence-corrected chi connectivity index (χ1v) is 5.66. The number of hydrogen-bond acceptors (Lipinski definition) is 3. The van der Waals surface area contributed by atoms with Crippen molar-refractivity contribution in [1.82, 2.24) is 0 Å². The zero-order chi connectivity index (χ0) is 11.8. The highest BCUT2D eigenvalue weighted by Gasteiger charge is 2.07. The molecule has 1 rings (SSSR count). The van der Waals surface area contributed by atoms with Gasteiger partial charge in [0.2, 0.25) is 0 Å². The van der Waals surface area contributed by atoms with Crippen LogP contribution in [0.2, 0.25) is 0 Å². The van der Waals surface area contributed by atoms with Crippen LogP contribution in [0.5, 0.6) is 0 Å². The van der Waals surface area contributed by atoms with Gasteiger partial charge >= 0.3 is 5.97 Å². The highest BCUT2D eigenvalue weighted by molar-refractivity contribution is 5.75. The molecular formula is C13H19NO2. The number of carbonyl (C=O) groups is 1. The summed E-state index contributed by atoms with van der Waals surface area (Å²) in [6.07, 6.45) is 1.97. The fourth-order valence-electron chi connectivity index (χ4n) is 1.34. The molecule has 88 valence electrons. The molecule has 0 aliphatic rings. The summed E-state index contributed by atoms with van der Waals surface area (Å²) in [7, 11) is 1.89. The molecule has 0 aliphatic heterocycles. The van der Waals surface area contributed by atoms with Gasteiger partial charge in [-0.05, 0) is 18.6 Å². The van der Waals surface area contributed by atoms with Gasteiger partial charge in [-0.1, -0.05) is 31.5 Å². The first-order valence-electron chi connectivity index (χ1n) is 5.66. The Morgan fingerprint density at radius 2 is 2.00 bits per heavy atom. The second-order valence-corrected chi connectivity index (χ2v) is 3.77. The van der Waals surface area contributed by atoms with E-state index in [9.17, 15) is 4.79 Å². The average molecular weight is 221 g/mol. The number of esters is 1. The minimum atomic E-state index is -0.167. The monoisotopic (exact) mass is 221 g/mol. The Kier molecular flexibility index (Phi) is 5.40. The number of unbranched alkanes of at least 4 members (excludes halogenated alkanes) is 1. The van der Waals surface area contributed by atoms with Crippen LogP contribution < -0.4 is 4.90 Å². The number of nitrogens with zero attached hydrogens (tertiary/aromatic N) is 1. The summed E-state index contributed by atoms with van der Waals surface area (Å²) < 4.78 is 5.09. The van der Waals surface area contributed by atoms with Crippen molar-refractivity contribution in [2.45, 2.75) is 19.8 Å². The van der Waals surface area contributed by atoms with Crippen LogP contribution in [0.25, 0.3) is 0 Å². The van der Waals surface area contributed by atoms with Gasteiger partial charge in [0.15, 0.2) is 0 Å². The van der Waals surface area contributed by atoms with Crippen LogP contribution in [0.15, 0.2) is 30.3 Å². The molecule has 0 unspecified atom stereocenters. The van der Waals surface area contributed by atoms with E-state index in [-0.39, 0.29) is 5.97 Å². The number of rotatable bonds is 6. The smallest absolute Gasteiger partial charge is 0.325 e. The third-order valence-electron chi connectivity index (χ3n) is 2.32. The Hall–Kier alpha value is -1.51. The van der Waals surface area contributed by atoms with Gasteiger partial charge in [-0.25, -0.2) is 0 Å². The predicted octanol–water partition coefficient (Wildman–Crippen LogP) is 2.47. The maximum Gasteiger partial charge on any atom is 0.325 e. The molecule has 0 aromatic heterocycles. The standard InChI is InChI=1S/C13H19NO2/c1-3-4-10-16-13(15)11-14(2)12-8-6-5-7-9-12/h5-9H,3-4,10-11H2,1-2H3. The Bertz CT molecular complexity index is 311. The number of likely N-dealkylation sites (N-methyl/N-ethyl adjacent to an activating group) is 1. The predicted molar refractivity (Wildman–Crippen MR) is 65.6 cm³/mol. The van der Waals surface area contributed by atoms with Crippen LogP contribution in [-0.2, 0) is 9.53 Å². The van der Waals surface area contributed by atoms with Gasteiger partial charge in [-0.15, -0.1) is 0 Å². The average Bonchev–Trinajstić information content (AvgIpc) is 2.30. The number of ether oxygens (including phenoxy) is 1. The SMILES string of the molecule is CCCCOC(=O)CN(C)c1ccccc1. The molecule has 3 heteroatoms. The molecule has 1 aromatic rings. The normalized spacial score (nSPS) is 9.88. The second kappa shape index (κ2) is 6.88. The number of carbonyl (C=O) groups excluding carboxylic acids is 1. The molecule has 16 heavy (non-hydrogen) atoms. The minimum Gasteiger partial charge on any atom is -0.464 e. The van der Waals surface area contributed by atoms with E-state index in [1.165, 1.54) is 0 Å². The lowest BCUT2D eigenvalue weighted by Crippen LogP contribution is -2.27. The van der Waals surface area contributed by atoms with E-state index in [4.69, 9.17) is 4.74 Å². The molecule has 0 amide bonds. The summed E-state index contributed by atoms with van der Waals surface area (Å²) in [5.41, 5.74) is 1.02. The third kappa shape index (κ3) is 4.34. The molecule has 0 saturated heterocycles. The summed E-state index contributed by atoms with van der Waals surface area (Å²) in [6, 6.07) is 9.80. The Balaban J connectivity index is 2.34. The number of anilines is 1. The van der Waals surface area contributed by atoms with Crippen molar-refractivity contribution in [3.05, 3.63) is 30.3 Å². The van der Waals surface area contributed by atoms with Gasteiger partial charge in [0.1, 0.15) is 6.54 Å². The molecule has 0 heterocycles.